The molecule has 3 aromatic heterocycles. The Kier molecular flexibility index (Phi) is 4.40. The minimum absolute atomic E-state index is 0.0184. The van der Waals surface area contributed by atoms with Crippen molar-refractivity contribution in [3.63, 3.8) is 0 Å². The summed E-state index contributed by atoms with van der Waals surface area (Å²) in [6, 6.07) is 6.04. The van der Waals surface area contributed by atoms with E-state index in [2.05, 4.69) is 15.1 Å². The van der Waals surface area contributed by atoms with E-state index in [0.717, 1.165) is 30.5 Å². The minimum atomic E-state index is -4.70. The Balaban J connectivity index is 2.02. The number of pyridine rings is 1. The number of nitrogens with two attached hydrogens (primary N) is 1. The third-order valence-electron chi connectivity index (χ3n) is 4.46. The monoisotopic (exact) mass is 423 g/mol. The smallest absolute Gasteiger partial charge is 0.368 e. The Labute approximate surface area is 164 Å². The third kappa shape index (κ3) is 3.31. The number of aromatic nitrogens is 4. The van der Waals surface area contributed by atoms with Crippen molar-refractivity contribution in [1.29, 1.82) is 0 Å². The van der Waals surface area contributed by atoms with Crippen molar-refractivity contribution in [3.8, 4) is 22.4 Å². The Morgan fingerprint density at radius 1 is 0.833 bits per heavy atom. The van der Waals surface area contributed by atoms with Gasteiger partial charge in [0.05, 0.1) is 34.7 Å². The van der Waals surface area contributed by atoms with Crippen molar-refractivity contribution in [3.05, 3.63) is 66.1 Å². The molecule has 0 aliphatic heterocycles. The summed E-state index contributed by atoms with van der Waals surface area (Å²) in [7, 11) is 0. The molecule has 1 aromatic carbocycles. The van der Waals surface area contributed by atoms with E-state index >= 15 is 0 Å². The second-order valence-corrected chi connectivity index (χ2v) is 6.32. The highest BCUT2D eigenvalue weighted by Crippen LogP contribution is 2.41. The number of hydrogen-bond acceptors (Lipinski definition) is 4. The summed E-state index contributed by atoms with van der Waals surface area (Å²) in [5.74, 6) is -0.0261. The van der Waals surface area contributed by atoms with Gasteiger partial charge in [0.2, 0.25) is 5.95 Å². The molecule has 0 aliphatic carbocycles. The maximum atomic E-state index is 13.5. The average molecular weight is 423 g/mol. The van der Waals surface area contributed by atoms with Gasteiger partial charge in [-0.25, -0.2) is 4.98 Å². The van der Waals surface area contributed by atoms with Gasteiger partial charge in [0.25, 0.3) is 0 Å². The standard InChI is InChI=1S/C19H11F6N5/c20-18(21,22)11-5-3-10(4-6-11)15-12(8-29-30-14(15)9-28-17(30)26)16-13(19(23,24)25)2-1-7-27-16/h1-9H,(H2,26,28). The Morgan fingerprint density at radius 3 is 2.17 bits per heavy atom. The lowest BCUT2D eigenvalue weighted by Crippen LogP contribution is -2.09. The zero-order valence-corrected chi connectivity index (χ0v) is 14.8. The van der Waals surface area contributed by atoms with Gasteiger partial charge in [-0.05, 0) is 29.8 Å². The van der Waals surface area contributed by atoms with Crippen molar-refractivity contribution >= 4 is 11.5 Å². The zero-order chi connectivity index (χ0) is 21.7. The molecule has 0 amide bonds. The molecule has 0 spiro atoms. The van der Waals surface area contributed by atoms with Crippen LogP contribution in [0.1, 0.15) is 11.1 Å². The Morgan fingerprint density at radius 2 is 1.53 bits per heavy atom. The molecular formula is C19H11F6N5. The van der Waals surface area contributed by atoms with E-state index in [-0.39, 0.29) is 28.2 Å². The van der Waals surface area contributed by atoms with Gasteiger partial charge in [-0.15, -0.1) is 0 Å². The van der Waals surface area contributed by atoms with Crippen molar-refractivity contribution in [2.45, 2.75) is 12.4 Å². The fourth-order valence-electron chi connectivity index (χ4n) is 3.13. The topological polar surface area (TPSA) is 69.1 Å². The van der Waals surface area contributed by atoms with E-state index in [0.29, 0.717) is 0 Å². The predicted molar refractivity (Wildman–Crippen MR) is 96.1 cm³/mol. The molecule has 0 saturated heterocycles. The highest BCUT2D eigenvalue weighted by molar-refractivity contribution is 5.93. The second kappa shape index (κ2) is 6.71. The molecule has 0 bridgehead atoms. The number of benzene rings is 1. The van der Waals surface area contributed by atoms with Crippen molar-refractivity contribution in [2.24, 2.45) is 0 Å². The van der Waals surface area contributed by atoms with Crippen LogP contribution in [0.4, 0.5) is 32.3 Å². The quantitative estimate of drug-likeness (QED) is 0.457. The van der Waals surface area contributed by atoms with E-state index in [9.17, 15) is 26.3 Å². The highest BCUT2D eigenvalue weighted by atomic mass is 19.4. The lowest BCUT2D eigenvalue weighted by atomic mass is 9.95. The molecule has 0 unspecified atom stereocenters. The first-order valence-corrected chi connectivity index (χ1v) is 8.40. The van der Waals surface area contributed by atoms with Gasteiger partial charge in [-0.1, -0.05) is 12.1 Å². The van der Waals surface area contributed by atoms with Crippen molar-refractivity contribution < 1.29 is 26.3 Å². The van der Waals surface area contributed by atoms with Crippen LogP contribution in [0.15, 0.2) is 55.0 Å². The maximum absolute atomic E-state index is 13.5. The van der Waals surface area contributed by atoms with Crippen LogP contribution in [0.25, 0.3) is 27.9 Å². The summed E-state index contributed by atoms with van der Waals surface area (Å²) >= 11 is 0. The summed E-state index contributed by atoms with van der Waals surface area (Å²) < 4.78 is 80.6. The number of halogens is 6. The average Bonchev–Trinajstić information content (AvgIpc) is 3.07. The fourth-order valence-corrected chi connectivity index (χ4v) is 3.13. The van der Waals surface area contributed by atoms with Crippen LogP contribution in [0.2, 0.25) is 0 Å². The molecule has 4 rings (SSSR count). The molecule has 4 aromatic rings. The molecule has 30 heavy (non-hydrogen) atoms. The maximum Gasteiger partial charge on any atom is 0.418 e. The van der Waals surface area contributed by atoms with E-state index < -0.39 is 29.2 Å². The van der Waals surface area contributed by atoms with Crippen LogP contribution in [-0.2, 0) is 12.4 Å². The van der Waals surface area contributed by atoms with Crippen LogP contribution >= 0.6 is 0 Å². The van der Waals surface area contributed by atoms with Crippen LogP contribution < -0.4 is 5.73 Å². The lowest BCUT2D eigenvalue weighted by Gasteiger charge is -2.16. The first-order valence-electron chi connectivity index (χ1n) is 8.40. The highest BCUT2D eigenvalue weighted by Gasteiger charge is 2.35. The van der Waals surface area contributed by atoms with Crippen molar-refractivity contribution in [1.82, 2.24) is 19.6 Å². The van der Waals surface area contributed by atoms with Crippen LogP contribution in [0, 0.1) is 0 Å². The molecule has 11 heteroatoms. The minimum Gasteiger partial charge on any atom is -0.368 e. The molecule has 0 fully saturated rings. The van der Waals surface area contributed by atoms with E-state index in [1.165, 1.54) is 29.0 Å². The Bertz CT molecular complexity index is 1230. The first kappa shape index (κ1) is 19.7. The Hall–Kier alpha value is -3.63. The molecule has 0 atom stereocenters. The normalized spacial score (nSPS) is 12.5. The van der Waals surface area contributed by atoms with Gasteiger partial charge in [0, 0.05) is 17.3 Å². The second-order valence-electron chi connectivity index (χ2n) is 6.32. The lowest BCUT2D eigenvalue weighted by molar-refractivity contribution is -0.138. The summed E-state index contributed by atoms with van der Waals surface area (Å²) in [6.07, 6.45) is -5.65. The van der Waals surface area contributed by atoms with Gasteiger partial charge < -0.3 is 5.73 Å². The van der Waals surface area contributed by atoms with Crippen LogP contribution in [-0.4, -0.2) is 19.6 Å². The van der Waals surface area contributed by atoms with Crippen LogP contribution in [0.3, 0.4) is 0 Å². The number of nitrogen functional groups attached to an aromatic ring is 1. The third-order valence-corrected chi connectivity index (χ3v) is 4.46. The number of nitrogens with zero attached hydrogens (tertiary/aromatic N) is 4. The molecule has 5 nitrogen and oxygen atoms in total. The first-order chi connectivity index (χ1) is 14.1. The summed E-state index contributed by atoms with van der Waals surface area (Å²) in [5.41, 5.74) is 4.04. The number of rotatable bonds is 2. The summed E-state index contributed by atoms with van der Waals surface area (Å²) in [5, 5.41) is 4.03. The molecule has 2 N–H and O–H groups in total. The van der Waals surface area contributed by atoms with Gasteiger partial charge in [0.1, 0.15) is 0 Å². The van der Waals surface area contributed by atoms with Gasteiger partial charge in [-0.2, -0.15) is 36.0 Å². The van der Waals surface area contributed by atoms with Crippen molar-refractivity contribution in [2.75, 3.05) is 5.73 Å². The molecule has 0 saturated carbocycles. The van der Waals surface area contributed by atoms with Gasteiger partial charge in [0.15, 0.2) is 0 Å². The number of hydrogen-bond donors (Lipinski definition) is 1. The van der Waals surface area contributed by atoms with E-state index in [4.69, 9.17) is 5.73 Å². The molecule has 154 valence electrons. The number of fused-ring (bicyclic) bond motifs is 1. The molecule has 0 aliphatic rings. The predicted octanol–water partition coefficient (Wildman–Crippen LogP) is 5.08. The zero-order valence-electron chi connectivity index (χ0n) is 14.8. The number of alkyl halides is 6. The van der Waals surface area contributed by atoms with Gasteiger partial charge in [-0.3, -0.25) is 4.98 Å². The summed E-state index contributed by atoms with van der Waals surface area (Å²) in [4.78, 5) is 7.77. The van der Waals surface area contributed by atoms with E-state index in [1.807, 2.05) is 0 Å². The van der Waals surface area contributed by atoms with Crippen LogP contribution in [0.5, 0.6) is 0 Å². The molecular weight excluding hydrogens is 412 g/mol. The van der Waals surface area contributed by atoms with Gasteiger partial charge >= 0.3 is 12.4 Å². The molecule has 3 heterocycles. The molecule has 0 radical (unpaired) electrons. The largest absolute Gasteiger partial charge is 0.418 e. The number of anilines is 1. The number of imidazole rings is 1. The van der Waals surface area contributed by atoms with E-state index in [1.54, 1.807) is 0 Å². The fraction of sp³-hybridized carbons (Fsp3) is 0.105. The summed E-state index contributed by atoms with van der Waals surface area (Å²) in [6.45, 7) is 0. The SMILES string of the molecule is Nc1ncc2c(-c3ccc(C(F)(F)F)cc3)c(-c3ncccc3C(F)(F)F)cnn12.